The second kappa shape index (κ2) is 23.9. The summed E-state index contributed by atoms with van der Waals surface area (Å²) in [6, 6.07) is 7.58. The van der Waals surface area contributed by atoms with E-state index in [2.05, 4.69) is 9.80 Å². The van der Waals surface area contributed by atoms with Crippen molar-refractivity contribution < 1.29 is 38.0 Å². The molecular formula is C44H62N4O8. The van der Waals surface area contributed by atoms with Gasteiger partial charge in [-0.05, 0) is 74.2 Å². The number of methoxy groups -OCH3 is 4. The number of hydrogen-bond donors (Lipinski definition) is 0. The molecule has 0 N–H and O–H groups in total. The molecule has 306 valence electrons. The summed E-state index contributed by atoms with van der Waals surface area (Å²) in [6.07, 6.45) is 18.0. The number of hydrogen-bond acceptors (Lipinski definition) is 10. The molecule has 2 aromatic carbocycles. The van der Waals surface area contributed by atoms with Crippen molar-refractivity contribution in [3.8, 4) is 34.5 Å². The normalized spacial score (nSPS) is 16.1. The van der Waals surface area contributed by atoms with Gasteiger partial charge in [-0.1, -0.05) is 50.3 Å². The van der Waals surface area contributed by atoms with E-state index < -0.39 is 0 Å². The van der Waals surface area contributed by atoms with E-state index in [9.17, 15) is 9.59 Å². The van der Waals surface area contributed by atoms with Crippen LogP contribution in [0.15, 0.2) is 60.7 Å². The highest BCUT2D eigenvalue weighted by molar-refractivity contribution is 5.88. The summed E-state index contributed by atoms with van der Waals surface area (Å²) in [5.41, 5.74) is 1.77. The molecule has 0 saturated carbocycles. The molecule has 0 aromatic heterocycles. The lowest BCUT2D eigenvalue weighted by atomic mass is 10.1. The minimum absolute atomic E-state index is 0.0174. The molecule has 0 unspecified atom stereocenters. The van der Waals surface area contributed by atoms with Crippen LogP contribution in [-0.4, -0.2) is 139 Å². The maximum Gasteiger partial charge on any atom is 0.246 e. The summed E-state index contributed by atoms with van der Waals surface area (Å²) in [5.74, 6) is 3.64. The molecule has 2 aliphatic heterocycles. The fourth-order valence-corrected chi connectivity index (χ4v) is 6.62. The number of rotatable bonds is 19. The fraction of sp³-hybridized carbons (Fsp3) is 0.500. The van der Waals surface area contributed by atoms with Crippen molar-refractivity contribution in [2.75, 3.05) is 107 Å². The summed E-state index contributed by atoms with van der Waals surface area (Å²) in [7, 11) is 6.43. The lowest BCUT2D eigenvalue weighted by molar-refractivity contribution is -0.126. The zero-order valence-corrected chi connectivity index (χ0v) is 34.3. The molecule has 0 spiro atoms. The second-order valence-corrected chi connectivity index (χ2v) is 13.7. The van der Waals surface area contributed by atoms with Crippen molar-refractivity contribution in [3.63, 3.8) is 0 Å². The highest BCUT2D eigenvalue weighted by Gasteiger charge is 2.21. The van der Waals surface area contributed by atoms with Crippen molar-refractivity contribution in [2.24, 2.45) is 0 Å². The molecule has 2 amide bonds. The average molecular weight is 775 g/mol. The van der Waals surface area contributed by atoms with E-state index in [4.69, 9.17) is 28.4 Å². The van der Waals surface area contributed by atoms with E-state index in [1.807, 2.05) is 72.2 Å². The van der Waals surface area contributed by atoms with Gasteiger partial charge in [0.25, 0.3) is 0 Å². The Balaban J connectivity index is 1.19. The lowest BCUT2D eigenvalue weighted by Gasteiger charge is -2.26. The van der Waals surface area contributed by atoms with Crippen molar-refractivity contribution >= 4 is 24.0 Å². The Morgan fingerprint density at radius 1 is 0.536 bits per heavy atom. The smallest absolute Gasteiger partial charge is 0.246 e. The minimum Gasteiger partial charge on any atom is -0.493 e. The number of carbonyl (C=O) groups excluding carboxylic acids is 2. The van der Waals surface area contributed by atoms with Crippen molar-refractivity contribution in [2.45, 2.75) is 39.5 Å². The van der Waals surface area contributed by atoms with Gasteiger partial charge in [0.1, 0.15) is 0 Å². The first-order valence-corrected chi connectivity index (χ1v) is 19.8. The van der Waals surface area contributed by atoms with Crippen molar-refractivity contribution in [1.82, 2.24) is 19.6 Å². The predicted molar refractivity (Wildman–Crippen MR) is 222 cm³/mol. The maximum absolute atomic E-state index is 13.0. The SMILES string of the molecule is CCCOc1c(OC)cc(/C=C/C=C/C(=O)N2CCCN(CCN3CCCN(C(=O)/C=C/C=C/c4cc(OC)c(OCCC)c(OC)c4)CC3)CC2)cc1OC. The number of ether oxygens (including phenoxy) is 6. The Labute approximate surface area is 333 Å². The average Bonchev–Trinajstić information content (AvgIpc) is 3.62. The third kappa shape index (κ3) is 13.4. The Hall–Kier alpha value is -4.94. The number of amides is 2. The van der Waals surface area contributed by atoms with E-state index in [0.29, 0.717) is 60.8 Å². The molecule has 0 bridgehead atoms. The molecule has 12 nitrogen and oxygen atoms in total. The molecule has 2 saturated heterocycles. The number of carbonyl (C=O) groups is 2. The topological polar surface area (TPSA) is 102 Å². The Kier molecular flexibility index (Phi) is 18.7. The van der Waals surface area contributed by atoms with Crippen LogP contribution >= 0.6 is 0 Å². The van der Waals surface area contributed by atoms with Crippen LogP contribution in [-0.2, 0) is 9.59 Å². The molecule has 56 heavy (non-hydrogen) atoms. The first-order chi connectivity index (χ1) is 27.3. The van der Waals surface area contributed by atoms with Crippen LogP contribution in [0.3, 0.4) is 0 Å². The Morgan fingerprint density at radius 3 is 1.25 bits per heavy atom. The van der Waals surface area contributed by atoms with Crippen molar-refractivity contribution in [3.05, 3.63) is 71.8 Å². The van der Waals surface area contributed by atoms with Crippen LogP contribution in [0.5, 0.6) is 34.5 Å². The van der Waals surface area contributed by atoms with Crippen LogP contribution in [0, 0.1) is 0 Å². The predicted octanol–water partition coefficient (Wildman–Crippen LogP) is 6.21. The first-order valence-electron chi connectivity index (χ1n) is 19.8. The number of allylic oxidation sites excluding steroid dienone is 4. The summed E-state index contributed by atoms with van der Waals surface area (Å²) >= 11 is 0. The van der Waals surface area contributed by atoms with Gasteiger partial charge in [-0.3, -0.25) is 9.59 Å². The number of nitrogens with zero attached hydrogens (tertiary/aromatic N) is 4. The number of benzene rings is 2. The lowest BCUT2D eigenvalue weighted by Crippen LogP contribution is -2.39. The molecule has 0 aliphatic carbocycles. The molecule has 0 atom stereocenters. The third-order valence-electron chi connectivity index (χ3n) is 9.68. The van der Waals surface area contributed by atoms with Gasteiger partial charge in [-0.15, -0.1) is 0 Å². The largest absolute Gasteiger partial charge is 0.493 e. The molecule has 2 aromatic rings. The third-order valence-corrected chi connectivity index (χ3v) is 9.68. The summed E-state index contributed by atoms with van der Waals surface area (Å²) in [4.78, 5) is 34.9. The van der Waals surface area contributed by atoms with Gasteiger partial charge >= 0.3 is 0 Å². The standard InChI is InChI=1S/C44H62N4O8/c1-7-29-55-43-37(51-3)31-35(32-38(43)52-4)15-9-11-17-41(49)47-21-13-19-45(25-27-47)23-24-46-20-14-22-48(28-26-46)42(50)18-12-10-16-36-33-39(53-5)44(56-30-8-2)40(34-36)54-6/h9-12,15-18,31-34H,7-8,13-14,19-30H2,1-6H3/b15-9+,16-10+,17-11+,18-12+. The van der Waals surface area contributed by atoms with Crippen LogP contribution in [0.4, 0.5) is 0 Å². The molecule has 0 radical (unpaired) electrons. The molecule has 12 heteroatoms. The van der Waals surface area contributed by atoms with Gasteiger partial charge in [0.05, 0.1) is 41.7 Å². The van der Waals surface area contributed by atoms with E-state index in [-0.39, 0.29) is 11.8 Å². The minimum atomic E-state index is 0.0174. The Morgan fingerprint density at radius 2 is 0.911 bits per heavy atom. The zero-order chi connectivity index (χ0) is 40.1. The highest BCUT2D eigenvalue weighted by Crippen LogP contribution is 2.40. The van der Waals surface area contributed by atoms with Crippen LogP contribution < -0.4 is 28.4 Å². The summed E-state index contributed by atoms with van der Waals surface area (Å²) in [5, 5.41) is 0. The monoisotopic (exact) mass is 774 g/mol. The van der Waals surface area contributed by atoms with Gasteiger partial charge in [0, 0.05) is 64.5 Å². The van der Waals surface area contributed by atoms with Gasteiger partial charge in [-0.2, -0.15) is 0 Å². The molecule has 2 aliphatic rings. The van der Waals surface area contributed by atoms with Crippen LogP contribution in [0.1, 0.15) is 50.7 Å². The van der Waals surface area contributed by atoms with Crippen LogP contribution in [0.2, 0.25) is 0 Å². The summed E-state index contributed by atoms with van der Waals surface area (Å²) in [6.45, 7) is 13.6. The zero-order valence-electron chi connectivity index (χ0n) is 34.3. The van der Waals surface area contributed by atoms with Gasteiger partial charge in [-0.25, -0.2) is 0 Å². The maximum atomic E-state index is 13.0. The van der Waals surface area contributed by atoms with E-state index in [1.54, 1.807) is 52.7 Å². The van der Waals surface area contributed by atoms with E-state index in [1.165, 1.54) is 0 Å². The quantitative estimate of drug-likeness (QED) is 0.121. The molecule has 4 rings (SSSR count). The van der Waals surface area contributed by atoms with Crippen molar-refractivity contribution in [1.29, 1.82) is 0 Å². The highest BCUT2D eigenvalue weighted by atomic mass is 16.5. The van der Waals surface area contributed by atoms with Gasteiger partial charge in [0.15, 0.2) is 23.0 Å². The van der Waals surface area contributed by atoms with Gasteiger partial charge in [0.2, 0.25) is 23.3 Å². The fourth-order valence-electron chi connectivity index (χ4n) is 6.62. The second-order valence-electron chi connectivity index (χ2n) is 13.7. The molecule has 2 heterocycles. The Bertz CT molecular complexity index is 1500. The van der Waals surface area contributed by atoms with E-state index >= 15 is 0 Å². The van der Waals surface area contributed by atoms with Crippen LogP contribution in [0.25, 0.3) is 12.2 Å². The first kappa shape index (κ1) is 43.8. The van der Waals surface area contributed by atoms with Gasteiger partial charge < -0.3 is 48.0 Å². The summed E-state index contributed by atoms with van der Waals surface area (Å²) < 4.78 is 33.8. The molecule has 2 fully saturated rings. The van der Waals surface area contributed by atoms with E-state index in [0.717, 1.165) is 89.2 Å². The molecular weight excluding hydrogens is 713 g/mol.